The molecule has 0 saturated carbocycles. The molecule has 1 aliphatic rings. The van der Waals surface area contributed by atoms with Crippen molar-refractivity contribution in [3.05, 3.63) is 11.9 Å². The molecule has 5 heteroatoms. The topological polar surface area (TPSA) is 48.3 Å². The second-order valence-corrected chi connectivity index (χ2v) is 4.90. The van der Waals surface area contributed by atoms with Gasteiger partial charge in [-0.05, 0) is 32.7 Å². The largest absolute Gasteiger partial charge is 0.493 e. The number of ether oxygens (including phenoxy) is 2. The lowest BCUT2D eigenvalue weighted by molar-refractivity contribution is 0.0746. The van der Waals surface area contributed by atoms with Crippen molar-refractivity contribution in [3.8, 4) is 5.75 Å². The third kappa shape index (κ3) is 3.09. The molecule has 1 N–H and O–H groups in total. The Labute approximate surface area is 115 Å². The average Bonchev–Trinajstić information content (AvgIpc) is 3.08. The fraction of sp³-hybridized carbons (Fsp3) is 0.786. The van der Waals surface area contributed by atoms with E-state index in [9.17, 15) is 0 Å². The summed E-state index contributed by atoms with van der Waals surface area (Å²) in [4.78, 5) is 0. The Morgan fingerprint density at radius 1 is 1.58 bits per heavy atom. The summed E-state index contributed by atoms with van der Waals surface area (Å²) in [6, 6.07) is 0.167. The minimum atomic E-state index is 0.167. The Balaban J connectivity index is 2.27. The summed E-state index contributed by atoms with van der Waals surface area (Å²) in [6.45, 7) is 6.95. The summed E-state index contributed by atoms with van der Waals surface area (Å²) in [5, 5.41) is 8.00. The van der Waals surface area contributed by atoms with Gasteiger partial charge in [0.1, 0.15) is 0 Å². The van der Waals surface area contributed by atoms with Crippen LogP contribution in [0.5, 0.6) is 5.75 Å². The quantitative estimate of drug-likeness (QED) is 0.822. The highest BCUT2D eigenvalue weighted by molar-refractivity contribution is 5.29. The second kappa shape index (κ2) is 6.91. The maximum Gasteiger partial charge on any atom is 0.161 e. The summed E-state index contributed by atoms with van der Waals surface area (Å²) in [6.07, 6.45) is 5.36. The molecule has 1 fully saturated rings. The number of rotatable bonds is 7. The number of aryl methyl sites for hydroxylation is 1. The van der Waals surface area contributed by atoms with Crippen molar-refractivity contribution < 1.29 is 9.47 Å². The average molecular weight is 267 g/mol. The lowest BCUT2D eigenvalue weighted by Crippen LogP contribution is -2.34. The van der Waals surface area contributed by atoms with Gasteiger partial charge in [0.2, 0.25) is 0 Å². The third-order valence-electron chi connectivity index (χ3n) is 3.61. The van der Waals surface area contributed by atoms with E-state index in [1.807, 2.05) is 4.68 Å². The zero-order valence-electron chi connectivity index (χ0n) is 12.2. The lowest BCUT2D eigenvalue weighted by atomic mass is 10.0. The highest BCUT2D eigenvalue weighted by Crippen LogP contribution is 2.32. The zero-order chi connectivity index (χ0) is 13.7. The molecule has 5 nitrogen and oxygen atoms in total. The predicted octanol–water partition coefficient (Wildman–Crippen LogP) is 2.13. The van der Waals surface area contributed by atoms with Crippen molar-refractivity contribution in [2.75, 3.05) is 20.3 Å². The summed E-state index contributed by atoms with van der Waals surface area (Å²) in [5.41, 5.74) is 1.12. The van der Waals surface area contributed by atoms with Crippen LogP contribution < -0.4 is 10.1 Å². The SMILES string of the molecule is CCCNC(c1c(OC)cnn1CC)C1CCCO1. The fourth-order valence-electron chi connectivity index (χ4n) is 2.67. The molecule has 108 valence electrons. The van der Waals surface area contributed by atoms with E-state index < -0.39 is 0 Å². The van der Waals surface area contributed by atoms with Crippen molar-refractivity contribution in [1.82, 2.24) is 15.1 Å². The molecule has 2 atom stereocenters. The molecule has 2 unspecified atom stereocenters. The van der Waals surface area contributed by atoms with Gasteiger partial charge in [-0.1, -0.05) is 6.92 Å². The van der Waals surface area contributed by atoms with Crippen molar-refractivity contribution >= 4 is 0 Å². The van der Waals surface area contributed by atoms with E-state index in [2.05, 4.69) is 24.3 Å². The minimum absolute atomic E-state index is 0.167. The van der Waals surface area contributed by atoms with E-state index in [-0.39, 0.29) is 12.1 Å². The van der Waals surface area contributed by atoms with Crippen LogP contribution in [0.3, 0.4) is 0 Å². The molecule has 1 saturated heterocycles. The smallest absolute Gasteiger partial charge is 0.161 e. The first kappa shape index (κ1) is 14.3. The Morgan fingerprint density at radius 2 is 2.42 bits per heavy atom. The number of aromatic nitrogens is 2. The number of hydrogen-bond donors (Lipinski definition) is 1. The van der Waals surface area contributed by atoms with Gasteiger partial charge in [-0.15, -0.1) is 0 Å². The first-order valence-electron chi connectivity index (χ1n) is 7.26. The molecule has 0 aromatic carbocycles. The van der Waals surface area contributed by atoms with Crippen LogP contribution in [0.2, 0.25) is 0 Å². The van der Waals surface area contributed by atoms with Crippen LogP contribution in [0.15, 0.2) is 6.20 Å². The molecule has 2 heterocycles. The highest BCUT2D eigenvalue weighted by Gasteiger charge is 2.31. The second-order valence-electron chi connectivity index (χ2n) is 4.90. The Morgan fingerprint density at radius 3 is 3.00 bits per heavy atom. The minimum Gasteiger partial charge on any atom is -0.493 e. The lowest BCUT2D eigenvalue weighted by Gasteiger charge is -2.25. The first-order valence-corrected chi connectivity index (χ1v) is 7.26. The van der Waals surface area contributed by atoms with Gasteiger partial charge in [-0.2, -0.15) is 5.10 Å². The van der Waals surface area contributed by atoms with Crippen LogP contribution in [0.4, 0.5) is 0 Å². The van der Waals surface area contributed by atoms with Crippen molar-refractivity contribution in [2.24, 2.45) is 0 Å². The Bertz CT molecular complexity index is 365. The van der Waals surface area contributed by atoms with Gasteiger partial charge in [-0.25, -0.2) is 0 Å². The van der Waals surface area contributed by atoms with Gasteiger partial charge in [0.15, 0.2) is 5.75 Å². The number of nitrogens with one attached hydrogen (secondary N) is 1. The van der Waals surface area contributed by atoms with E-state index in [0.29, 0.717) is 0 Å². The van der Waals surface area contributed by atoms with Gasteiger partial charge in [0, 0.05) is 13.2 Å². The van der Waals surface area contributed by atoms with E-state index >= 15 is 0 Å². The molecular weight excluding hydrogens is 242 g/mol. The predicted molar refractivity (Wildman–Crippen MR) is 74.5 cm³/mol. The normalized spacial score (nSPS) is 20.7. The maximum absolute atomic E-state index is 5.88. The number of nitrogens with zero attached hydrogens (tertiary/aromatic N) is 2. The number of hydrogen-bond acceptors (Lipinski definition) is 4. The van der Waals surface area contributed by atoms with Crippen molar-refractivity contribution in [1.29, 1.82) is 0 Å². The van der Waals surface area contributed by atoms with Gasteiger partial charge >= 0.3 is 0 Å². The first-order chi connectivity index (χ1) is 9.31. The zero-order valence-corrected chi connectivity index (χ0v) is 12.2. The summed E-state index contributed by atoms with van der Waals surface area (Å²) in [7, 11) is 1.70. The highest BCUT2D eigenvalue weighted by atomic mass is 16.5. The molecule has 1 aliphatic heterocycles. The van der Waals surface area contributed by atoms with E-state index in [1.54, 1.807) is 13.3 Å². The molecule has 0 bridgehead atoms. The molecule has 0 amide bonds. The third-order valence-corrected chi connectivity index (χ3v) is 3.61. The standard InChI is InChI=1S/C14H25N3O2/c1-4-8-15-13(11-7-6-9-19-11)14-12(18-3)10-16-17(14)5-2/h10-11,13,15H,4-9H2,1-3H3. The van der Waals surface area contributed by atoms with Gasteiger partial charge in [-0.3, -0.25) is 4.68 Å². The van der Waals surface area contributed by atoms with Crippen LogP contribution in [0.1, 0.15) is 44.8 Å². The summed E-state index contributed by atoms with van der Waals surface area (Å²) >= 11 is 0. The molecule has 1 aromatic rings. The van der Waals surface area contributed by atoms with Crippen LogP contribution >= 0.6 is 0 Å². The van der Waals surface area contributed by atoms with E-state index in [1.165, 1.54) is 0 Å². The fourth-order valence-corrected chi connectivity index (χ4v) is 2.67. The van der Waals surface area contributed by atoms with Crippen molar-refractivity contribution in [2.45, 2.75) is 51.8 Å². The van der Waals surface area contributed by atoms with E-state index in [0.717, 1.165) is 50.4 Å². The maximum atomic E-state index is 5.88. The molecule has 2 rings (SSSR count). The van der Waals surface area contributed by atoms with Crippen LogP contribution in [-0.4, -0.2) is 36.1 Å². The molecule has 1 aromatic heterocycles. The van der Waals surface area contributed by atoms with Crippen LogP contribution in [-0.2, 0) is 11.3 Å². The van der Waals surface area contributed by atoms with Gasteiger partial charge in [0.05, 0.1) is 31.1 Å². The molecule has 19 heavy (non-hydrogen) atoms. The summed E-state index contributed by atoms with van der Waals surface area (Å²) < 4.78 is 13.4. The van der Waals surface area contributed by atoms with Gasteiger partial charge in [0.25, 0.3) is 0 Å². The molecular formula is C14H25N3O2. The van der Waals surface area contributed by atoms with Crippen molar-refractivity contribution in [3.63, 3.8) is 0 Å². The molecule has 0 aliphatic carbocycles. The van der Waals surface area contributed by atoms with E-state index in [4.69, 9.17) is 9.47 Å². The Kier molecular flexibility index (Phi) is 5.22. The molecule has 0 spiro atoms. The van der Waals surface area contributed by atoms with Crippen LogP contribution in [0.25, 0.3) is 0 Å². The molecule has 0 radical (unpaired) electrons. The number of methoxy groups -OCH3 is 1. The monoisotopic (exact) mass is 267 g/mol. The Hall–Kier alpha value is -1.07. The summed E-state index contributed by atoms with van der Waals surface area (Å²) in [5.74, 6) is 0.853. The van der Waals surface area contributed by atoms with Crippen LogP contribution in [0, 0.1) is 0 Å². The van der Waals surface area contributed by atoms with Gasteiger partial charge < -0.3 is 14.8 Å².